The molecule has 0 unspecified atom stereocenters. The van der Waals surface area contributed by atoms with Crippen LogP contribution in [0.3, 0.4) is 0 Å². The first-order chi connectivity index (χ1) is 10.5. The standard InChI is InChI=1S/C14H19N3O3S2/c1-2-22(19,20)17-7-3-4-10(9-17)15-14-16-12-6-5-11(18)8-13(12)21-14/h5-6,8,10,18H,2-4,7,9H2,1H3,(H,15,16)/t10-/m0/s1. The lowest BCUT2D eigenvalue weighted by Crippen LogP contribution is -2.45. The van der Waals surface area contributed by atoms with E-state index in [9.17, 15) is 13.5 Å². The number of thiazole rings is 1. The van der Waals surface area contributed by atoms with Crippen LogP contribution in [0.5, 0.6) is 5.75 Å². The molecule has 22 heavy (non-hydrogen) atoms. The van der Waals surface area contributed by atoms with E-state index in [1.54, 1.807) is 29.4 Å². The number of rotatable bonds is 4. The van der Waals surface area contributed by atoms with Crippen molar-refractivity contribution in [3.05, 3.63) is 18.2 Å². The molecule has 3 rings (SSSR count). The Kier molecular flexibility index (Phi) is 4.24. The summed E-state index contributed by atoms with van der Waals surface area (Å²) in [6, 6.07) is 5.15. The first-order valence-corrected chi connectivity index (χ1v) is 9.74. The normalized spacial score (nSPS) is 20.3. The van der Waals surface area contributed by atoms with Crippen LogP contribution in [0.1, 0.15) is 19.8 Å². The number of fused-ring (bicyclic) bond motifs is 1. The number of nitrogens with one attached hydrogen (secondary N) is 1. The fourth-order valence-corrected chi connectivity index (χ4v) is 4.80. The topological polar surface area (TPSA) is 82.5 Å². The van der Waals surface area contributed by atoms with Gasteiger partial charge in [0.1, 0.15) is 5.75 Å². The Balaban J connectivity index is 1.74. The van der Waals surface area contributed by atoms with Crippen LogP contribution < -0.4 is 5.32 Å². The summed E-state index contributed by atoms with van der Waals surface area (Å²) >= 11 is 1.47. The van der Waals surface area contributed by atoms with Gasteiger partial charge in [-0.2, -0.15) is 4.31 Å². The van der Waals surface area contributed by atoms with Crippen LogP contribution in [0.4, 0.5) is 5.13 Å². The Morgan fingerprint density at radius 3 is 3.09 bits per heavy atom. The lowest BCUT2D eigenvalue weighted by Gasteiger charge is -2.31. The Hall–Kier alpha value is -1.38. The quantitative estimate of drug-likeness (QED) is 0.891. The summed E-state index contributed by atoms with van der Waals surface area (Å²) in [5.74, 6) is 0.362. The molecule has 1 saturated heterocycles. The van der Waals surface area contributed by atoms with Gasteiger partial charge in [0.25, 0.3) is 0 Å². The maximum absolute atomic E-state index is 12.0. The number of phenolic OH excluding ortho intramolecular Hbond substituents is 1. The Labute approximate surface area is 133 Å². The van der Waals surface area contributed by atoms with Crippen molar-refractivity contribution in [3.63, 3.8) is 0 Å². The second kappa shape index (κ2) is 6.02. The van der Waals surface area contributed by atoms with Gasteiger partial charge >= 0.3 is 0 Å². The van der Waals surface area contributed by atoms with E-state index in [1.165, 1.54) is 11.3 Å². The van der Waals surface area contributed by atoms with E-state index in [0.717, 1.165) is 28.2 Å². The molecule has 1 aromatic carbocycles. The fraction of sp³-hybridized carbons (Fsp3) is 0.500. The molecule has 1 aromatic heterocycles. The zero-order valence-corrected chi connectivity index (χ0v) is 14.0. The van der Waals surface area contributed by atoms with E-state index in [-0.39, 0.29) is 17.5 Å². The summed E-state index contributed by atoms with van der Waals surface area (Å²) in [5.41, 5.74) is 0.833. The van der Waals surface area contributed by atoms with Gasteiger partial charge in [-0.1, -0.05) is 11.3 Å². The number of benzene rings is 1. The van der Waals surface area contributed by atoms with Crippen LogP contribution in [0.25, 0.3) is 10.2 Å². The maximum atomic E-state index is 12.0. The predicted octanol–water partition coefficient (Wildman–Crippen LogP) is 2.23. The van der Waals surface area contributed by atoms with Crippen LogP contribution in [0.15, 0.2) is 18.2 Å². The van der Waals surface area contributed by atoms with Crippen molar-refractivity contribution in [2.75, 3.05) is 24.2 Å². The first kappa shape index (κ1) is 15.5. The van der Waals surface area contributed by atoms with Gasteiger partial charge in [-0.15, -0.1) is 0 Å². The second-order valence-electron chi connectivity index (χ2n) is 5.41. The van der Waals surface area contributed by atoms with Gasteiger partial charge in [-0.25, -0.2) is 13.4 Å². The van der Waals surface area contributed by atoms with E-state index in [4.69, 9.17) is 0 Å². The molecule has 2 N–H and O–H groups in total. The molecular formula is C14H19N3O3S2. The third-order valence-corrected chi connectivity index (χ3v) is 6.64. The molecule has 8 heteroatoms. The maximum Gasteiger partial charge on any atom is 0.213 e. The zero-order valence-electron chi connectivity index (χ0n) is 12.3. The smallest absolute Gasteiger partial charge is 0.213 e. The van der Waals surface area contributed by atoms with Gasteiger partial charge in [-0.05, 0) is 38.0 Å². The number of sulfonamides is 1. The SMILES string of the molecule is CCS(=O)(=O)N1CCC[C@H](Nc2nc3ccc(O)cc3s2)C1. The van der Waals surface area contributed by atoms with Gasteiger partial charge in [0.05, 0.1) is 16.0 Å². The van der Waals surface area contributed by atoms with Gasteiger partial charge in [0.15, 0.2) is 5.13 Å². The van der Waals surface area contributed by atoms with Crippen LogP contribution in [-0.2, 0) is 10.0 Å². The van der Waals surface area contributed by atoms with E-state index >= 15 is 0 Å². The van der Waals surface area contributed by atoms with Crippen LogP contribution in [0.2, 0.25) is 0 Å². The molecule has 0 radical (unpaired) electrons. The minimum atomic E-state index is -3.13. The highest BCUT2D eigenvalue weighted by atomic mass is 32.2. The molecule has 1 atom stereocenters. The number of piperidine rings is 1. The summed E-state index contributed by atoms with van der Waals surface area (Å²) in [7, 11) is -3.13. The molecular weight excluding hydrogens is 322 g/mol. The van der Waals surface area contributed by atoms with E-state index in [1.807, 2.05) is 0 Å². The lowest BCUT2D eigenvalue weighted by atomic mass is 10.1. The molecule has 2 aromatic rings. The molecule has 1 aliphatic heterocycles. The van der Waals surface area contributed by atoms with Crippen molar-refractivity contribution in [1.29, 1.82) is 0 Å². The van der Waals surface area contributed by atoms with Crippen LogP contribution in [0, 0.1) is 0 Å². The number of hydrogen-bond donors (Lipinski definition) is 2. The first-order valence-electron chi connectivity index (χ1n) is 7.32. The van der Waals surface area contributed by atoms with Crippen LogP contribution in [-0.4, -0.2) is 47.7 Å². The molecule has 6 nitrogen and oxygen atoms in total. The largest absolute Gasteiger partial charge is 0.508 e. The number of nitrogens with zero attached hydrogens (tertiary/aromatic N) is 2. The highest BCUT2D eigenvalue weighted by molar-refractivity contribution is 7.89. The van der Waals surface area contributed by atoms with Gasteiger partial charge in [0.2, 0.25) is 10.0 Å². The van der Waals surface area contributed by atoms with Crippen molar-refractivity contribution >= 4 is 36.7 Å². The summed E-state index contributed by atoms with van der Waals surface area (Å²) in [6.07, 6.45) is 1.78. The summed E-state index contributed by atoms with van der Waals surface area (Å²) < 4.78 is 26.5. The third kappa shape index (κ3) is 3.18. The Bertz CT molecular complexity index is 773. The second-order valence-corrected chi connectivity index (χ2v) is 8.70. The monoisotopic (exact) mass is 341 g/mol. The summed E-state index contributed by atoms with van der Waals surface area (Å²) in [6.45, 7) is 2.76. The average molecular weight is 341 g/mol. The number of hydrogen-bond acceptors (Lipinski definition) is 6. The number of aromatic nitrogens is 1. The third-order valence-electron chi connectivity index (χ3n) is 3.84. The molecule has 0 bridgehead atoms. The minimum absolute atomic E-state index is 0.0734. The van der Waals surface area contributed by atoms with Crippen molar-refractivity contribution in [1.82, 2.24) is 9.29 Å². The Morgan fingerprint density at radius 2 is 2.32 bits per heavy atom. The molecule has 0 spiro atoms. The van der Waals surface area contributed by atoms with Crippen molar-refractivity contribution in [3.8, 4) is 5.75 Å². The minimum Gasteiger partial charge on any atom is -0.508 e. The van der Waals surface area contributed by atoms with Crippen molar-refractivity contribution in [2.45, 2.75) is 25.8 Å². The summed E-state index contributed by atoms with van der Waals surface area (Å²) in [4.78, 5) is 4.48. The summed E-state index contributed by atoms with van der Waals surface area (Å²) in [5, 5.41) is 13.6. The van der Waals surface area contributed by atoms with Crippen LogP contribution >= 0.6 is 11.3 Å². The lowest BCUT2D eigenvalue weighted by molar-refractivity contribution is 0.327. The molecule has 0 aliphatic carbocycles. The molecule has 0 saturated carbocycles. The molecule has 0 amide bonds. The van der Waals surface area contributed by atoms with E-state index < -0.39 is 10.0 Å². The predicted molar refractivity (Wildman–Crippen MR) is 89.0 cm³/mol. The zero-order chi connectivity index (χ0) is 15.7. The molecule has 1 aliphatic rings. The fourth-order valence-electron chi connectivity index (χ4n) is 2.65. The molecule has 1 fully saturated rings. The molecule has 120 valence electrons. The van der Waals surface area contributed by atoms with Gasteiger partial charge in [-0.3, -0.25) is 0 Å². The highest BCUT2D eigenvalue weighted by Gasteiger charge is 2.28. The van der Waals surface area contributed by atoms with Crippen molar-refractivity contribution < 1.29 is 13.5 Å². The van der Waals surface area contributed by atoms with E-state index in [2.05, 4.69) is 10.3 Å². The Morgan fingerprint density at radius 1 is 1.50 bits per heavy atom. The highest BCUT2D eigenvalue weighted by Crippen LogP contribution is 2.30. The van der Waals surface area contributed by atoms with Gasteiger partial charge in [0, 0.05) is 19.1 Å². The van der Waals surface area contributed by atoms with Gasteiger partial charge < -0.3 is 10.4 Å². The van der Waals surface area contributed by atoms with E-state index in [0.29, 0.717) is 13.1 Å². The number of anilines is 1. The average Bonchev–Trinajstić information content (AvgIpc) is 2.88. The van der Waals surface area contributed by atoms with Crippen molar-refractivity contribution in [2.24, 2.45) is 0 Å². The number of aromatic hydroxyl groups is 1. The number of phenols is 1. The molecule has 2 heterocycles.